The molecule has 1 aromatic heterocycles. The number of benzene rings is 1. The number of rotatable bonds is 5. The Morgan fingerprint density at radius 1 is 1.29 bits per heavy atom. The van der Waals surface area contributed by atoms with E-state index in [1.54, 1.807) is 7.05 Å². The van der Waals surface area contributed by atoms with Crippen molar-refractivity contribution in [1.29, 1.82) is 0 Å². The standard InChI is InChI=1S/C20H22F4N4O3/c1-20(2,3)27(4)19(30)13-7-8-14(29)28(13)10-5-6-11(12(21)9-10)17-25-18(31-26-17)15(22)16(23)24/h5-6,9,13,15-16H,7-8H2,1-4H3/t13-,15?/m0/s1. The summed E-state index contributed by atoms with van der Waals surface area (Å²) in [7, 11) is 1.64. The molecule has 1 aliphatic heterocycles. The fourth-order valence-corrected chi connectivity index (χ4v) is 3.20. The number of amides is 2. The third-order valence-electron chi connectivity index (χ3n) is 5.20. The Labute approximate surface area is 176 Å². The summed E-state index contributed by atoms with van der Waals surface area (Å²) in [4.78, 5) is 31.6. The summed E-state index contributed by atoms with van der Waals surface area (Å²) in [5, 5.41) is 3.35. The highest BCUT2D eigenvalue weighted by Gasteiger charge is 2.40. The van der Waals surface area contributed by atoms with Crippen molar-refractivity contribution in [3.8, 4) is 11.4 Å². The molecule has 1 aliphatic rings. The van der Waals surface area contributed by atoms with Crippen LogP contribution in [-0.4, -0.2) is 51.9 Å². The van der Waals surface area contributed by atoms with Crippen LogP contribution in [0.15, 0.2) is 22.7 Å². The van der Waals surface area contributed by atoms with Crippen LogP contribution in [0.1, 0.15) is 45.7 Å². The Kier molecular flexibility index (Phi) is 6.06. The molecule has 168 valence electrons. The Bertz CT molecular complexity index is 989. The van der Waals surface area contributed by atoms with Crippen LogP contribution in [0, 0.1) is 5.82 Å². The van der Waals surface area contributed by atoms with Gasteiger partial charge in [0.2, 0.25) is 23.8 Å². The van der Waals surface area contributed by atoms with E-state index in [1.165, 1.54) is 21.9 Å². The highest BCUT2D eigenvalue weighted by molar-refractivity contribution is 6.04. The van der Waals surface area contributed by atoms with Gasteiger partial charge in [-0.05, 0) is 45.4 Å². The van der Waals surface area contributed by atoms with Gasteiger partial charge in [0.25, 0.3) is 12.3 Å². The number of aromatic nitrogens is 2. The van der Waals surface area contributed by atoms with Crippen molar-refractivity contribution in [2.24, 2.45) is 0 Å². The minimum Gasteiger partial charge on any atom is -0.339 e. The maximum absolute atomic E-state index is 14.8. The molecule has 1 aromatic carbocycles. The van der Waals surface area contributed by atoms with Crippen molar-refractivity contribution < 1.29 is 31.7 Å². The molecule has 31 heavy (non-hydrogen) atoms. The van der Waals surface area contributed by atoms with Gasteiger partial charge in [0.1, 0.15) is 11.9 Å². The highest BCUT2D eigenvalue weighted by Crippen LogP contribution is 2.33. The van der Waals surface area contributed by atoms with Crippen LogP contribution in [0.4, 0.5) is 23.2 Å². The van der Waals surface area contributed by atoms with Gasteiger partial charge < -0.3 is 9.42 Å². The van der Waals surface area contributed by atoms with E-state index in [9.17, 15) is 27.2 Å². The van der Waals surface area contributed by atoms with Crippen LogP contribution >= 0.6 is 0 Å². The van der Waals surface area contributed by atoms with Gasteiger partial charge in [-0.25, -0.2) is 17.6 Å². The summed E-state index contributed by atoms with van der Waals surface area (Å²) >= 11 is 0. The second-order valence-electron chi connectivity index (χ2n) is 8.24. The minimum atomic E-state index is -3.36. The van der Waals surface area contributed by atoms with Gasteiger partial charge in [-0.2, -0.15) is 4.98 Å². The molecule has 0 radical (unpaired) electrons. The summed E-state index contributed by atoms with van der Waals surface area (Å²) in [6, 6.07) is 2.84. The number of nitrogens with zero attached hydrogens (tertiary/aromatic N) is 4. The van der Waals surface area contributed by atoms with Gasteiger partial charge in [-0.1, -0.05) is 5.16 Å². The van der Waals surface area contributed by atoms with Crippen LogP contribution in [-0.2, 0) is 9.59 Å². The zero-order valence-electron chi connectivity index (χ0n) is 17.4. The van der Waals surface area contributed by atoms with Gasteiger partial charge in [0.15, 0.2) is 0 Å². The normalized spacial score (nSPS) is 18.0. The van der Waals surface area contributed by atoms with E-state index >= 15 is 0 Å². The van der Waals surface area contributed by atoms with Gasteiger partial charge in [0, 0.05) is 24.7 Å². The summed E-state index contributed by atoms with van der Waals surface area (Å²) in [6.45, 7) is 5.57. The van der Waals surface area contributed by atoms with Gasteiger partial charge in [0.05, 0.1) is 5.56 Å². The number of carbonyl (C=O) groups excluding carboxylic acids is 2. The first-order valence-electron chi connectivity index (χ1n) is 9.57. The highest BCUT2D eigenvalue weighted by atomic mass is 19.3. The van der Waals surface area contributed by atoms with E-state index in [1.807, 2.05) is 20.8 Å². The van der Waals surface area contributed by atoms with Crippen molar-refractivity contribution in [1.82, 2.24) is 15.0 Å². The average Bonchev–Trinajstić information content (AvgIpc) is 3.32. The fourth-order valence-electron chi connectivity index (χ4n) is 3.20. The Morgan fingerprint density at radius 2 is 1.97 bits per heavy atom. The SMILES string of the molecule is CN(C(=O)[C@@H]1CCC(=O)N1c1ccc(-c2noc(C(F)C(F)F)n2)c(F)c1)C(C)(C)C. The second kappa shape index (κ2) is 8.27. The van der Waals surface area contributed by atoms with Gasteiger partial charge in [-0.15, -0.1) is 0 Å². The summed E-state index contributed by atoms with van der Waals surface area (Å²) in [6.07, 6.45) is -5.71. The first-order chi connectivity index (χ1) is 14.4. The van der Waals surface area contributed by atoms with Crippen molar-refractivity contribution in [2.75, 3.05) is 11.9 Å². The van der Waals surface area contributed by atoms with Crippen molar-refractivity contribution in [3.05, 3.63) is 29.9 Å². The number of likely N-dealkylation sites (N-methyl/N-ethyl adjacent to an activating group) is 1. The van der Waals surface area contributed by atoms with Crippen LogP contribution in [0.3, 0.4) is 0 Å². The Balaban J connectivity index is 1.89. The van der Waals surface area contributed by atoms with Crippen molar-refractivity contribution in [2.45, 2.75) is 57.8 Å². The molecule has 1 saturated heterocycles. The maximum atomic E-state index is 14.8. The van der Waals surface area contributed by atoms with Crippen LogP contribution in [0.5, 0.6) is 0 Å². The van der Waals surface area contributed by atoms with E-state index in [2.05, 4.69) is 14.7 Å². The summed E-state index contributed by atoms with van der Waals surface area (Å²) in [5.41, 5.74) is -0.530. The smallest absolute Gasteiger partial charge is 0.278 e. The van der Waals surface area contributed by atoms with Crippen molar-refractivity contribution >= 4 is 17.5 Å². The molecule has 0 saturated carbocycles. The maximum Gasteiger partial charge on any atom is 0.278 e. The zero-order valence-corrected chi connectivity index (χ0v) is 17.4. The third kappa shape index (κ3) is 4.40. The molecule has 1 fully saturated rings. The quantitative estimate of drug-likeness (QED) is 0.657. The lowest BCUT2D eigenvalue weighted by molar-refractivity contribution is -0.135. The molecule has 0 N–H and O–H groups in total. The average molecular weight is 442 g/mol. The van der Waals surface area contributed by atoms with E-state index in [0.717, 1.165) is 6.07 Å². The van der Waals surface area contributed by atoms with E-state index in [0.29, 0.717) is 6.42 Å². The molecule has 11 heteroatoms. The molecule has 1 unspecified atom stereocenters. The first kappa shape index (κ1) is 22.7. The molecule has 0 aliphatic carbocycles. The summed E-state index contributed by atoms with van der Waals surface area (Å²) < 4.78 is 57.5. The van der Waals surface area contributed by atoms with Gasteiger partial charge >= 0.3 is 0 Å². The molecule has 3 rings (SSSR count). The molecule has 2 amide bonds. The third-order valence-corrected chi connectivity index (χ3v) is 5.20. The number of hydrogen-bond donors (Lipinski definition) is 0. The predicted molar refractivity (Wildman–Crippen MR) is 103 cm³/mol. The number of halogens is 4. The number of alkyl halides is 3. The van der Waals surface area contributed by atoms with Gasteiger partial charge in [-0.3, -0.25) is 14.5 Å². The molecular weight excluding hydrogens is 420 g/mol. The van der Waals surface area contributed by atoms with Crippen molar-refractivity contribution in [3.63, 3.8) is 0 Å². The monoisotopic (exact) mass is 442 g/mol. The Morgan fingerprint density at radius 3 is 2.55 bits per heavy atom. The lowest BCUT2D eigenvalue weighted by Gasteiger charge is -2.36. The number of anilines is 1. The van der Waals surface area contributed by atoms with E-state index in [4.69, 9.17) is 0 Å². The fraction of sp³-hybridized carbons (Fsp3) is 0.500. The van der Waals surface area contributed by atoms with Crippen LogP contribution in [0.25, 0.3) is 11.4 Å². The molecule has 2 aromatic rings. The topological polar surface area (TPSA) is 79.5 Å². The molecular formula is C20H22F4N4O3. The van der Waals surface area contributed by atoms with Crippen LogP contribution in [0.2, 0.25) is 0 Å². The Hall–Kier alpha value is -2.98. The number of carbonyl (C=O) groups is 2. The van der Waals surface area contributed by atoms with E-state index in [-0.39, 0.29) is 29.5 Å². The lowest BCUT2D eigenvalue weighted by atomic mass is 10.0. The van der Waals surface area contributed by atoms with E-state index < -0.39 is 41.7 Å². The molecule has 2 atom stereocenters. The first-order valence-corrected chi connectivity index (χ1v) is 9.57. The van der Waals surface area contributed by atoms with Crippen LogP contribution < -0.4 is 4.90 Å². The lowest BCUT2D eigenvalue weighted by Crippen LogP contribution is -2.51. The second-order valence-corrected chi connectivity index (χ2v) is 8.24. The molecule has 2 heterocycles. The summed E-state index contributed by atoms with van der Waals surface area (Å²) in [5.74, 6) is -2.85. The molecule has 0 bridgehead atoms. The minimum absolute atomic E-state index is 0.136. The largest absolute Gasteiger partial charge is 0.339 e. The molecule has 0 spiro atoms. The molecule has 7 nitrogen and oxygen atoms in total. The number of hydrogen-bond acceptors (Lipinski definition) is 5. The predicted octanol–water partition coefficient (Wildman–Crippen LogP) is 3.90. The zero-order chi connectivity index (χ0) is 23.1.